The molecular weight excluding hydrogens is 184 g/mol. The van der Waals surface area contributed by atoms with Crippen molar-refractivity contribution in [1.29, 1.82) is 0 Å². The summed E-state index contributed by atoms with van der Waals surface area (Å²) in [6.45, 7) is 9.01. The summed E-state index contributed by atoms with van der Waals surface area (Å²) >= 11 is 0. The second-order valence-corrected chi connectivity index (χ2v) is 4.95. The average molecular weight is 210 g/mol. The van der Waals surface area contributed by atoms with Crippen molar-refractivity contribution in [3.8, 4) is 0 Å². The highest BCUT2D eigenvalue weighted by Crippen LogP contribution is 2.07. The Morgan fingerprint density at radius 2 is 2.07 bits per heavy atom. The summed E-state index contributed by atoms with van der Waals surface area (Å²) in [5, 5.41) is 7.12. The Morgan fingerprint density at radius 3 is 2.67 bits per heavy atom. The van der Waals surface area contributed by atoms with E-state index in [9.17, 15) is 0 Å². The van der Waals surface area contributed by atoms with E-state index in [-0.39, 0.29) is 0 Å². The Labute approximate surface area is 94.5 Å². The third-order valence-electron chi connectivity index (χ3n) is 3.01. The molecular formula is C13H26N2. The van der Waals surface area contributed by atoms with Crippen LogP contribution in [0.25, 0.3) is 0 Å². The van der Waals surface area contributed by atoms with Gasteiger partial charge in [-0.3, -0.25) is 0 Å². The molecule has 1 saturated heterocycles. The zero-order valence-corrected chi connectivity index (χ0v) is 10.5. The molecule has 1 aliphatic rings. The van der Waals surface area contributed by atoms with Gasteiger partial charge in [0, 0.05) is 12.1 Å². The predicted octanol–water partition coefficient (Wildman–Crippen LogP) is 2.46. The molecule has 15 heavy (non-hydrogen) atoms. The molecule has 0 aromatic rings. The second-order valence-electron chi connectivity index (χ2n) is 4.95. The normalized spacial score (nSPS) is 19.9. The second kappa shape index (κ2) is 7.02. The van der Waals surface area contributed by atoms with Gasteiger partial charge in [0.1, 0.15) is 0 Å². The molecule has 1 fully saturated rings. The monoisotopic (exact) mass is 210 g/mol. The maximum absolute atomic E-state index is 3.72. The topological polar surface area (TPSA) is 24.1 Å². The van der Waals surface area contributed by atoms with E-state index >= 15 is 0 Å². The van der Waals surface area contributed by atoms with Crippen LogP contribution < -0.4 is 10.6 Å². The lowest BCUT2D eigenvalue weighted by molar-refractivity contribution is 0.348. The number of hydrogen-bond donors (Lipinski definition) is 2. The summed E-state index contributed by atoms with van der Waals surface area (Å²) in [4.78, 5) is 0. The number of rotatable bonds is 5. The zero-order chi connectivity index (χ0) is 11.1. The van der Waals surface area contributed by atoms with E-state index in [0.29, 0.717) is 6.04 Å². The number of nitrogens with one attached hydrogen (secondary N) is 2. The molecule has 1 rings (SSSR count). The van der Waals surface area contributed by atoms with Crippen LogP contribution in [0.2, 0.25) is 0 Å². The highest BCUT2D eigenvalue weighted by atomic mass is 15.0. The molecule has 1 aliphatic heterocycles. The molecule has 0 aromatic heterocycles. The first-order valence-corrected chi connectivity index (χ1v) is 6.28. The molecule has 0 bridgehead atoms. The molecule has 0 aromatic carbocycles. The first-order chi connectivity index (χ1) is 7.18. The van der Waals surface area contributed by atoms with E-state index in [1.165, 1.54) is 44.3 Å². The fourth-order valence-electron chi connectivity index (χ4n) is 2.10. The van der Waals surface area contributed by atoms with Gasteiger partial charge in [-0.1, -0.05) is 11.6 Å². The first-order valence-electron chi connectivity index (χ1n) is 6.28. The van der Waals surface area contributed by atoms with E-state index < -0.39 is 0 Å². The van der Waals surface area contributed by atoms with Crippen molar-refractivity contribution in [2.75, 3.05) is 13.1 Å². The van der Waals surface area contributed by atoms with E-state index in [1.54, 1.807) is 0 Å². The van der Waals surface area contributed by atoms with Gasteiger partial charge in [0.15, 0.2) is 0 Å². The molecule has 1 heterocycles. The minimum absolute atomic E-state index is 0.656. The molecule has 2 heteroatoms. The van der Waals surface area contributed by atoms with Crippen LogP contribution in [-0.2, 0) is 0 Å². The van der Waals surface area contributed by atoms with Gasteiger partial charge in [-0.15, -0.1) is 0 Å². The summed E-state index contributed by atoms with van der Waals surface area (Å²) in [6, 6.07) is 1.40. The Balaban J connectivity index is 2.11. The van der Waals surface area contributed by atoms with Crippen molar-refractivity contribution >= 4 is 0 Å². The maximum atomic E-state index is 3.72. The van der Waals surface area contributed by atoms with Crippen LogP contribution in [0.3, 0.4) is 0 Å². The Bertz CT molecular complexity index is 189. The Hall–Kier alpha value is -0.340. The van der Waals surface area contributed by atoms with Gasteiger partial charge in [0.05, 0.1) is 0 Å². The molecule has 2 nitrogen and oxygen atoms in total. The van der Waals surface area contributed by atoms with Crippen molar-refractivity contribution in [3.63, 3.8) is 0 Å². The fraction of sp³-hybridized carbons (Fsp3) is 0.846. The third kappa shape index (κ3) is 5.95. The van der Waals surface area contributed by atoms with Gasteiger partial charge in [-0.2, -0.15) is 0 Å². The van der Waals surface area contributed by atoms with Crippen molar-refractivity contribution in [2.45, 2.75) is 58.5 Å². The predicted molar refractivity (Wildman–Crippen MR) is 67.2 cm³/mol. The van der Waals surface area contributed by atoms with E-state index in [4.69, 9.17) is 0 Å². The quantitative estimate of drug-likeness (QED) is 0.681. The molecule has 0 radical (unpaired) electrons. The van der Waals surface area contributed by atoms with Gasteiger partial charge >= 0.3 is 0 Å². The van der Waals surface area contributed by atoms with Crippen molar-refractivity contribution in [1.82, 2.24) is 10.6 Å². The summed E-state index contributed by atoms with van der Waals surface area (Å²) in [6.07, 6.45) is 7.37. The molecule has 1 unspecified atom stereocenters. The van der Waals surface area contributed by atoms with Gasteiger partial charge in [0.25, 0.3) is 0 Å². The first kappa shape index (κ1) is 12.7. The van der Waals surface area contributed by atoms with Crippen LogP contribution in [0.15, 0.2) is 11.6 Å². The van der Waals surface area contributed by atoms with E-state index in [2.05, 4.69) is 37.5 Å². The Morgan fingerprint density at radius 1 is 1.40 bits per heavy atom. The van der Waals surface area contributed by atoms with Crippen LogP contribution in [0.4, 0.5) is 0 Å². The number of allylic oxidation sites excluding steroid dienone is 2. The molecule has 88 valence electrons. The van der Waals surface area contributed by atoms with Crippen molar-refractivity contribution < 1.29 is 0 Å². The lowest BCUT2D eigenvalue weighted by Gasteiger charge is -2.27. The summed E-state index contributed by atoms with van der Waals surface area (Å²) in [5.74, 6) is 0. The molecule has 0 aliphatic carbocycles. The van der Waals surface area contributed by atoms with Crippen LogP contribution in [-0.4, -0.2) is 25.2 Å². The minimum atomic E-state index is 0.656. The van der Waals surface area contributed by atoms with Crippen LogP contribution >= 0.6 is 0 Å². The van der Waals surface area contributed by atoms with Gasteiger partial charge in [-0.25, -0.2) is 0 Å². The van der Waals surface area contributed by atoms with Gasteiger partial charge in [0.2, 0.25) is 0 Å². The zero-order valence-electron chi connectivity index (χ0n) is 10.5. The standard InChI is InChI=1S/C13H26N2/c1-11(2)5-4-6-12(3)15-13-7-9-14-10-8-13/h5,12-15H,4,6-10H2,1-3H3. The smallest absolute Gasteiger partial charge is 0.00937 e. The van der Waals surface area contributed by atoms with E-state index in [0.717, 1.165) is 6.04 Å². The lowest BCUT2D eigenvalue weighted by atomic mass is 10.0. The highest BCUT2D eigenvalue weighted by Gasteiger charge is 2.14. The molecule has 1 atom stereocenters. The van der Waals surface area contributed by atoms with Crippen LogP contribution in [0.5, 0.6) is 0 Å². The van der Waals surface area contributed by atoms with Crippen molar-refractivity contribution in [2.24, 2.45) is 0 Å². The summed E-state index contributed by atoms with van der Waals surface area (Å²) in [5.41, 5.74) is 1.43. The van der Waals surface area contributed by atoms with Gasteiger partial charge in [-0.05, 0) is 59.5 Å². The van der Waals surface area contributed by atoms with E-state index in [1.807, 2.05) is 0 Å². The van der Waals surface area contributed by atoms with Crippen LogP contribution in [0.1, 0.15) is 46.5 Å². The lowest BCUT2D eigenvalue weighted by Crippen LogP contribution is -2.43. The molecule has 0 spiro atoms. The molecule has 0 amide bonds. The average Bonchev–Trinajstić information content (AvgIpc) is 2.18. The van der Waals surface area contributed by atoms with Crippen molar-refractivity contribution in [3.05, 3.63) is 11.6 Å². The number of hydrogen-bond acceptors (Lipinski definition) is 2. The third-order valence-corrected chi connectivity index (χ3v) is 3.01. The summed E-state index contributed by atoms with van der Waals surface area (Å²) in [7, 11) is 0. The maximum Gasteiger partial charge on any atom is 0.00937 e. The largest absolute Gasteiger partial charge is 0.317 e. The number of piperidine rings is 1. The molecule has 2 N–H and O–H groups in total. The SMILES string of the molecule is CC(C)=CCCC(C)NC1CCNCC1. The Kier molecular flexibility index (Phi) is 5.96. The highest BCUT2D eigenvalue weighted by molar-refractivity contribution is 4.93. The summed E-state index contributed by atoms with van der Waals surface area (Å²) < 4.78 is 0. The van der Waals surface area contributed by atoms with Crippen LogP contribution in [0, 0.1) is 0 Å². The van der Waals surface area contributed by atoms with Gasteiger partial charge < -0.3 is 10.6 Å². The fourth-order valence-corrected chi connectivity index (χ4v) is 2.10. The minimum Gasteiger partial charge on any atom is -0.317 e. The molecule has 0 saturated carbocycles.